The van der Waals surface area contributed by atoms with Crippen molar-refractivity contribution in [3.05, 3.63) is 64.9 Å². The molecule has 0 saturated heterocycles. The van der Waals surface area contributed by atoms with Crippen LogP contribution >= 0.6 is 40.3 Å². The van der Waals surface area contributed by atoms with Crippen LogP contribution in [0.2, 0.25) is 5.02 Å². The van der Waals surface area contributed by atoms with Crippen LogP contribution in [-0.4, -0.2) is 29.5 Å². The summed E-state index contributed by atoms with van der Waals surface area (Å²) in [7, 11) is 0. The molecule has 1 aliphatic rings. The number of thioether (sulfide) groups is 1. The van der Waals surface area contributed by atoms with E-state index in [0.717, 1.165) is 23.3 Å². The van der Waals surface area contributed by atoms with Crippen LogP contribution in [0.15, 0.2) is 58.5 Å². The summed E-state index contributed by atoms with van der Waals surface area (Å²) >= 11 is 7.23. The Hall–Kier alpha value is -1.41. The van der Waals surface area contributed by atoms with Crippen LogP contribution in [-0.2, 0) is 6.42 Å². The minimum atomic E-state index is -0.434. The van der Waals surface area contributed by atoms with Crippen LogP contribution in [0.25, 0.3) is 0 Å². The van der Waals surface area contributed by atoms with E-state index in [0.29, 0.717) is 12.2 Å². The lowest BCUT2D eigenvalue weighted by Gasteiger charge is -2.17. The summed E-state index contributed by atoms with van der Waals surface area (Å²) in [6, 6.07) is 15.2. The van der Waals surface area contributed by atoms with E-state index in [1.54, 1.807) is 6.07 Å². The Morgan fingerprint density at radius 1 is 1.22 bits per heavy atom. The van der Waals surface area contributed by atoms with E-state index in [1.165, 1.54) is 29.5 Å². The number of nitrogens with one attached hydrogen (secondary N) is 2. The van der Waals surface area contributed by atoms with Gasteiger partial charge in [0, 0.05) is 11.7 Å². The van der Waals surface area contributed by atoms with Crippen LogP contribution in [0.3, 0.4) is 0 Å². The molecule has 0 bridgehead atoms. The molecule has 1 aliphatic heterocycles. The topological polar surface area (TPSA) is 48.8 Å². The maximum Gasteiger partial charge on any atom is 0.193 e. The minimum absolute atomic E-state index is 0. The Kier molecular flexibility index (Phi) is 8.76. The highest BCUT2D eigenvalue weighted by molar-refractivity contribution is 8.93. The largest absolute Gasteiger partial charge is 0.334 e. The molecule has 0 radical (unpaired) electrons. The number of hydrogen-bond donors (Lipinski definition) is 2. The molecule has 0 aliphatic carbocycles. The second-order valence-electron chi connectivity index (χ2n) is 5.99. The van der Waals surface area contributed by atoms with E-state index in [1.807, 2.05) is 6.07 Å². The third-order valence-electron chi connectivity index (χ3n) is 3.81. The molecular formula is C19H21BrClFN4S. The highest BCUT2D eigenvalue weighted by atomic mass is 79.9. The second kappa shape index (κ2) is 10.8. The normalized spacial score (nSPS) is 15.5. The van der Waals surface area contributed by atoms with Gasteiger partial charge in [-0.1, -0.05) is 41.9 Å². The van der Waals surface area contributed by atoms with Gasteiger partial charge in [-0.05, 0) is 55.4 Å². The highest BCUT2D eigenvalue weighted by Crippen LogP contribution is 2.25. The first kappa shape index (κ1) is 21.9. The average Bonchev–Trinajstić information content (AvgIpc) is 2.61. The summed E-state index contributed by atoms with van der Waals surface area (Å²) in [6.45, 7) is 3.71. The first-order chi connectivity index (χ1) is 12.6. The van der Waals surface area contributed by atoms with E-state index < -0.39 is 5.82 Å². The molecule has 0 spiro atoms. The van der Waals surface area contributed by atoms with Gasteiger partial charge >= 0.3 is 0 Å². The van der Waals surface area contributed by atoms with E-state index in [-0.39, 0.29) is 28.0 Å². The monoisotopic (exact) mass is 470 g/mol. The van der Waals surface area contributed by atoms with Crippen molar-refractivity contribution >= 4 is 56.4 Å². The Bertz CT molecular complexity index is 817. The summed E-state index contributed by atoms with van der Waals surface area (Å²) in [5.74, 6) is -0.434. The van der Waals surface area contributed by atoms with Gasteiger partial charge in [0.25, 0.3) is 0 Å². The van der Waals surface area contributed by atoms with E-state index in [4.69, 9.17) is 11.6 Å². The molecule has 8 heteroatoms. The van der Waals surface area contributed by atoms with E-state index in [2.05, 4.69) is 51.8 Å². The smallest absolute Gasteiger partial charge is 0.193 e. The molecule has 1 unspecified atom stereocenters. The standard InChI is InChI=1S/C19H20ClFN4S.BrH/c1-13(22-10-9-14-5-3-2-4-6-14)12-23-18-25-19(26-18)24-15-7-8-17(21)16(20)11-15;/h2-8,11,13,22H,9-10,12H2,1H3,(H,23,24,25);1H. The SMILES string of the molecule is Br.CC(CN=C1N=C(Nc2ccc(F)c(Cl)c2)S1)NCCc1ccccc1. The zero-order chi connectivity index (χ0) is 18.4. The Balaban J connectivity index is 0.00000261. The van der Waals surface area contributed by atoms with Crippen molar-refractivity contribution in [2.45, 2.75) is 19.4 Å². The van der Waals surface area contributed by atoms with Crippen molar-refractivity contribution in [3.63, 3.8) is 0 Å². The predicted octanol–water partition coefficient (Wildman–Crippen LogP) is 5.15. The van der Waals surface area contributed by atoms with Gasteiger partial charge in [-0.25, -0.2) is 4.39 Å². The third-order valence-corrected chi connectivity index (χ3v) is 4.89. The summed E-state index contributed by atoms with van der Waals surface area (Å²) in [5, 5.41) is 8.12. The lowest BCUT2D eigenvalue weighted by atomic mass is 10.1. The number of aliphatic imine (C=N–C) groups is 2. The van der Waals surface area contributed by atoms with Crippen molar-refractivity contribution in [3.8, 4) is 0 Å². The molecule has 0 aromatic heterocycles. The summed E-state index contributed by atoms with van der Waals surface area (Å²) in [5.41, 5.74) is 2.03. The Morgan fingerprint density at radius 2 is 1.96 bits per heavy atom. The molecule has 0 fully saturated rings. The van der Waals surface area contributed by atoms with Gasteiger partial charge in [0.15, 0.2) is 10.3 Å². The van der Waals surface area contributed by atoms with Crippen molar-refractivity contribution in [1.82, 2.24) is 5.32 Å². The average molecular weight is 472 g/mol. The van der Waals surface area contributed by atoms with E-state index in [9.17, 15) is 4.39 Å². The molecule has 27 heavy (non-hydrogen) atoms. The molecule has 1 atom stereocenters. The van der Waals surface area contributed by atoms with Crippen LogP contribution in [0, 0.1) is 5.82 Å². The van der Waals surface area contributed by atoms with Gasteiger partial charge in [-0.2, -0.15) is 4.99 Å². The third kappa shape index (κ3) is 6.92. The lowest BCUT2D eigenvalue weighted by molar-refractivity contribution is 0.560. The first-order valence-corrected chi connectivity index (χ1v) is 9.60. The van der Waals surface area contributed by atoms with Crippen LogP contribution in [0.1, 0.15) is 12.5 Å². The zero-order valence-electron chi connectivity index (χ0n) is 14.8. The van der Waals surface area contributed by atoms with Gasteiger partial charge in [-0.15, -0.1) is 17.0 Å². The minimum Gasteiger partial charge on any atom is -0.334 e. The molecule has 2 aromatic carbocycles. The lowest BCUT2D eigenvalue weighted by Crippen LogP contribution is -2.31. The fourth-order valence-electron chi connectivity index (χ4n) is 2.39. The number of halogens is 3. The van der Waals surface area contributed by atoms with Gasteiger partial charge in [0.05, 0.1) is 11.6 Å². The molecule has 2 aromatic rings. The van der Waals surface area contributed by atoms with Crippen LogP contribution in [0.4, 0.5) is 10.1 Å². The predicted molar refractivity (Wildman–Crippen MR) is 120 cm³/mol. The van der Waals surface area contributed by atoms with E-state index >= 15 is 0 Å². The van der Waals surface area contributed by atoms with Crippen LogP contribution < -0.4 is 10.6 Å². The number of benzene rings is 2. The molecule has 2 N–H and O–H groups in total. The van der Waals surface area contributed by atoms with Gasteiger partial charge in [0.2, 0.25) is 0 Å². The van der Waals surface area contributed by atoms with Gasteiger partial charge < -0.3 is 10.6 Å². The Morgan fingerprint density at radius 3 is 2.67 bits per heavy atom. The zero-order valence-corrected chi connectivity index (χ0v) is 18.1. The molecule has 3 rings (SSSR count). The van der Waals surface area contributed by atoms with Crippen molar-refractivity contribution in [2.75, 3.05) is 18.4 Å². The number of anilines is 1. The van der Waals surface area contributed by atoms with Gasteiger partial charge in [0.1, 0.15) is 5.82 Å². The highest BCUT2D eigenvalue weighted by Gasteiger charge is 2.18. The summed E-state index contributed by atoms with van der Waals surface area (Å²) in [6.07, 6.45) is 1.00. The van der Waals surface area contributed by atoms with Crippen molar-refractivity contribution in [1.29, 1.82) is 0 Å². The molecule has 144 valence electrons. The fraction of sp³-hybridized carbons (Fsp3) is 0.263. The maximum absolute atomic E-state index is 13.1. The van der Waals surface area contributed by atoms with Crippen LogP contribution in [0.5, 0.6) is 0 Å². The Labute approximate surface area is 178 Å². The second-order valence-corrected chi connectivity index (χ2v) is 7.35. The maximum atomic E-state index is 13.1. The van der Waals surface area contributed by atoms with Crippen molar-refractivity contribution < 1.29 is 4.39 Å². The fourth-order valence-corrected chi connectivity index (χ4v) is 3.18. The van der Waals surface area contributed by atoms with Gasteiger partial charge in [-0.3, -0.25) is 4.99 Å². The quantitative estimate of drug-likeness (QED) is 0.587. The molecule has 0 saturated carbocycles. The molecule has 0 amide bonds. The summed E-state index contributed by atoms with van der Waals surface area (Å²) < 4.78 is 13.1. The molecular weight excluding hydrogens is 451 g/mol. The first-order valence-electron chi connectivity index (χ1n) is 8.40. The number of hydrogen-bond acceptors (Lipinski definition) is 4. The number of amidine groups is 2. The number of rotatable bonds is 7. The van der Waals surface area contributed by atoms with Crippen molar-refractivity contribution in [2.24, 2.45) is 9.98 Å². The number of nitrogens with zero attached hydrogens (tertiary/aromatic N) is 2. The molecule has 4 nitrogen and oxygen atoms in total. The molecule has 1 heterocycles. The summed E-state index contributed by atoms with van der Waals surface area (Å²) in [4.78, 5) is 8.80.